The van der Waals surface area contributed by atoms with Gasteiger partial charge in [0.25, 0.3) is 0 Å². The number of rotatable bonds is 5. The van der Waals surface area contributed by atoms with Crippen molar-refractivity contribution < 1.29 is 4.84 Å². The maximum absolute atomic E-state index is 4.99. The molecule has 0 spiro atoms. The van der Waals surface area contributed by atoms with E-state index in [0.29, 0.717) is 0 Å². The first-order valence-corrected chi connectivity index (χ1v) is 3.42. The summed E-state index contributed by atoms with van der Waals surface area (Å²) >= 11 is 0. The third-order valence-corrected chi connectivity index (χ3v) is 0.998. The Labute approximate surface area is 57.5 Å². The molecule has 0 bridgehead atoms. The van der Waals surface area contributed by atoms with Crippen LogP contribution >= 0.6 is 0 Å². The first-order valence-electron chi connectivity index (χ1n) is 3.42. The van der Waals surface area contributed by atoms with Gasteiger partial charge >= 0.3 is 0 Å². The fourth-order valence-electron chi connectivity index (χ4n) is 0.437. The van der Waals surface area contributed by atoms with Crippen molar-refractivity contribution in [3.63, 3.8) is 0 Å². The van der Waals surface area contributed by atoms with Crippen molar-refractivity contribution in [3.8, 4) is 0 Å². The standard InChI is InChI=1S/C7H16NO/c1-4-8-9-6-5-7(2)3/h4,7-8H,5-6H2,1-3H3. The van der Waals surface area contributed by atoms with Crippen LogP contribution in [0, 0.1) is 12.5 Å². The predicted octanol–water partition coefficient (Wildman–Crippen LogP) is 1.74. The summed E-state index contributed by atoms with van der Waals surface area (Å²) in [4.78, 5) is 4.99. The molecule has 0 aliphatic heterocycles. The van der Waals surface area contributed by atoms with Crippen molar-refractivity contribution in [3.05, 3.63) is 6.54 Å². The van der Waals surface area contributed by atoms with E-state index >= 15 is 0 Å². The molecule has 0 aromatic rings. The van der Waals surface area contributed by atoms with Crippen molar-refractivity contribution in [1.29, 1.82) is 0 Å². The van der Waals surface area contributed by atoms with Gasteiger partial charge in [0.2, 0.25) is 0 Å². The fourth-order valence-corrected chi connectivity index (χ4v) is 0.437. The first kappa shape index (κ1) is 8.92. The largest absolute Gasteiger partial charge is 0.301 e. The van der Waals surface area contributed by atoms with E-state index in [1.807, 2.05) is 6.92 Å². The summed E-state index contributed by atoms with van der Waals surface area (Å²) in [5, 5.41) is 0. The molecule has 1 radical (unpaired) electrons. The highest BCUT2D eigenvalue weighted by molar-refractivity contribution is 4.43. The van der Waals surface area contributed by atoms with Gasteiger partial charge in [-0.2, -0.15) is 5.48 Å². The molecule has 0 unspecified atom stereocenters. The average Bonchev–Trinajstić information content (AvgIpc) is 1.80. The molecular weight excluding hydrogens is 114 g/mol. The summed E-state index contributed by atoms with van der Waals surface area (Å²) < 4.78 is 0. The highest BCUT2D eigenvalue weighted by Gasteiger charge is 1.91. The summed E-state index contributed by atoms with van der Waals surface area (Å²) in [6, 6.07) is 0. The molecule has 9 heavy (non-hydrogen) atoms. The molecule has 0 atom stereocenters. The van der Waals surface area contributed by atoms with Crippen molar-refractivity contribution in [2.24, 2.45) is 5.92 Å². The summed E-state index contributed by atoms with van der Waals surface area (Å²) in [6.45, 7) is 8.83. The van der Waals surface area contributed by atoms with Crippen LogP contribution < -0.4 is 5.48 Å². The smallest absolute Gasteiger partial charge is 0.0684 e. The van der Waals surface area contributed by atoms with E-state index in [-0.39, 0.29) is 0 Å². The van der Waals surface area contributed by atoms with Gasteiger partial charge in [0.05, 0.1) is 6.61 Å². The van der Waals surface area contributed by atoms with E-state index in [4.69, 9.17) is 4.84 Å². The number of hydrogen-bond acceptors (Lipinski definition) is 2. The van der Waals surface area contributed by atoms with Crippen LogP contribution in [0.3, 0.4) is 0 Å². The van der Waals surface area contributed by atoms with Gasteiger partial charge in [0.1, 0.15) is 0 Å². The van der Waals surface area contributed by atoms with Gasteiger partial charge in [0, 0.05) is 6.54 Å². The highest BCUT2D eigenvalue weighted by atomic mass is 16.6. The normalized spacial score (nSPS) is 10.7. The van der Waals surface area contributed by atoms with Crippen LogP contribution in [0.15, 0.2) is 0 Å². The quantitative estimate of drug-likeness (QED) is 0.452. The third-order valence-electron chi connectivity index (χ3n) is 0.998. The summed E-state index contributed by atoms with van der Waals surface area (Å²) in [5.74, 6) is 0.726. The molecule has 0 aromatic carbocycles. The van der Waals surface area contributed by atoms with Crippen LogP contribution in [-0.4, -0.2) is 6.61 Å². The lowest BCUT2D eigenvalue weighted by Crippen LogP contribution is -2.11. The Balaban J connectivity index is 2.75. The third kappa shape index (κ3) is 7.92. The molecule has 0 saturated heterocycles. The fraction of sp³-hybridized carbons (Fsp3) is 0.857. The van der Waals surface area contributed by atoms with Gasteiger partial charge in [-0.1, -0.05) is 13.8 Å². The minimum atomic E-state index is 0.726. The van der Waals surface area contributed by atoms with Crippen LogP contribution in [0.1, 0.15) is 27.2 Å². The van der Waals surface area contributed by atoms with E-state index in [0.717, 1.165) is 18.9 Å². The number of nitrogens with one attached hydrogen (secondary N) is 1. The Hall–Kier alpha value is -0.0800. The molecule has 0 amide bonds. The van der Waals surface area contributed by atoms with Gasteiger partial charge in [-0.3, -0.25) is 0 Å². The average molecular weight is 130 g/mol. The minimum absolute atomic E-state index is 0.726. The molecule has 2 nitrogen and oxygen atoms in total. The second kappa shape index (κ2) is 6.05. The molecule has 0 rings (SSSR count). The second-order valence-corrected chi connectivity index (χ2v) is 2.44. The molecule has 0 fully saturated rings. The van der Waals surface area contributed by atoms with Crippen molar-refractivity contribution in [1.82, 2.24) is 5.48 Å². The Bertz CT molecular complexity index is 54.9. The zero-order valence-electron chi connectivity index (χ0n) is 6.48. The summed E-state index contributed by atoms with van der Waals surface area (Å²) in [5.41, 5.74) is 2.68. The van der Waals surface area contributed by atoms with Crippen LogP contribution in [0.2, 0.25) is 0 Å². The molecule has 0 heterocycles. The Morgan fingerprint density at radius 1 is 1.56 bits per heavy atom. The van der Waals surface area contributed by atoms with Crippen molar-refractivity contribution in [2.45, 2.75) is 27.2 Å². The van der Waals surface area contributed by atoms with E-state index in [1.165, 1.54) is 0 Å². The molecule has 0 aliphatic carbocycles. The highest BCUT2D eigenvalue weighted by Crippen LogP contribution is 1.97. The Morgan fingerprint density at radius 2 is 2.22 bits per heavy atom. The molecule has 2 heteroatoms. The van der Waals surface area contributed by atoms with E-state index < -0.39 is 0 Å². The van der Waals surface area contributed by atoms with Gasteiger partial charge in [-0.25, -0.2) is 0 Å². The van der Waals surface area contributed by atoms with Crippen LogP contribution in [0.5, 0.6) is 0 Å². The lowest BCUT2D eigenvalue weighted by atomic mass is 10.1. The topological polar surface area (TPSA) is 21.3 Å². The van der Waals surface area contributed by atoms with Gasteiger partial charge < -0.3 is 4.84 Å². The lowest BCUT2D eigenvalue weighted by Gasteiger charge is -2.04. The monoisotopic (exact) mass is 130 g/mol. The van der Waals surface area contributed by atoms with E-state index in [2.05, 4.69) is 19.3 Å². The molecule has 1 N–H and O–H groups in total. The SMILES string of the molecule is C[CH]NOCCC(C)C. The van der Waals surface area contributed by atoms with Gasteiger partial charge in [-0.15, -0.1) is 0 Å². The zero-order chi connectivity index (χ0) is 7.11. The summed E-state index contributed by atoms with van der Waals surface area (Å²) in [6.07, 6.45) is 1.11. The van der Waals surface area contributed by atoms with Crippen LogP contribution in [0.25, 0.3) is 0 Å². The molecule has 0 aromatic heterocycles. The number of hydrogen-bond donors (Lipinski definition) is 1. The Morgan fingerprint density at radius 3 is 2.67 bits per heavy atom. The van der Waals surface area contributed by atoms with Crippen molar-refractivity contribution in [2.75, 3.05) is 6.61 Å². The van der Waals surface area contributed by atoms with E-state index in [1.54, 1.807) is 6.54 Å². The van der Waals surface area contributed by atoms with Crippen LogP contribution in [-0.2, 0) is 4.84 Å². The summed E-state index contributed by atoms with van der Waals surface area (Å²) in [7, 11) is 0. The maximum atomic E-state index is 4.99. The first-order chi connectivity index (χ1) is 4.27. The van der Waals surface area contributed by atoms with Gasteiger partial charge in [-0.05, 0) is 19.3 Å². The maximum Gasteiger partial charge on any atom is 0.0684 e. The second-order valence-electron chi connectivity index (χ2n) is 2.44. The molecule has 0 aliphatic rings. The Kier molecular flexibility index (Phi) is 5.99. The molecule has 0 saturated carbocycles. The van der Waals surface area contributed by atoms with Crippen molar-refractivity contribution >= 4 is 0 Å². The van der Waals surface area contributed by atoms with Crippen LogP contribution in [0.4, 0.5) is 0 Å². The van der Waals surface area contributed by atoms with Gasteiger partial charge in [0.15, 0.2) is 0 Å². The number of hydroxylamine groups is 1. The minimum Gasteiger partial charge on any atom is -0.301 e. The predicted molar refractivity (Wildman–Crippen MR) is 38.5 cm³/mol. The molecular formula is C7H16NO. The zero-order valence-corrected chi connectivity index (χ0v) is 6.48. The molecule has 55 valence electrons. The van der Waals surface area contributed by atoms with E-state index in [9.17, 15) is 0 Å². The lowest BCUT2D eigenvalue weighted by molar-refractivity contribution is 0.0527.